The van der Waals surface area contributed by atoms with Gasteiger partial charge in [-0.1, -0.05) is 11.3 Å². The molecule has 1 aromatic carbocycles. The molecule has 0 aliphatic rings. The number of nitrogens with one attached hydrogen (secondary N) is 1. The van der Waals surface area contributed by atoms with Crippen molar-refractivity contribution >= 4 is 11.9 Å². The van der Waals surface area contributed by atoms with E-state index in [-0.39, 0.29) is 30.2 Å². The second-order valence-electron chi connectivity index (χ2n) is 4.16. The quantitative estimate of drug-likeness (QED) is 0.593. The van der Waals surface area contributed by atoms with Gasteiger partial charge in [-0.15, -0.1) is 5.10 Å². The van der Waals surface area contributed by atoms with Crippen LogP contribution in [-0.4, -0.2) is 42.2 Å². The standard InChI is InChI=1S/C12H12N4O5/c17-8-2-1-3-9(18)11(8)12(21)13-4-7-5-16(15-14-7)6-10(19)20/h1-3,5,17-18H,4,6H2,(H,13,21)(H,19,20). The van der Waals surface area contributed by atoms with E-state index in [1.807, 2.05) is 0 Å². The lowest BCUT2D eigenvalue weighted by molar-refractivity contribution is -0.137. The van der Waals surface area contributed by atoms with E-state index in [0.29, 0.717) is 5.69 Å². The number of phenolic OH excluding ortho intramolecular Hbond substituents is 2. The molecule has 4 N–H and O–H groups in total. The highest BCUT2D eigenvalue weighted by molar-refractivity contribution is 5.99. The number of nitrogens with zero attached hydrogens (tertiary/aromatic N) is 3. The molecule has 0 fully saturated rings. The predicted molar refractivity (Wildman–Crippen MR) is 68.6 cm³/mol. The van der Waals surface area contributed by atoms with Crippen LogP contribution in [0.5, 0.6) is 11.5 Å². The smallest absolute Gasteiger partial charge is 0.325 e. The lowest BCUT2D eigenvalue weighted by Crippen LogP contribution is -2.23. The molecule has 0 aliphatic heterocycles. The topological polar surface area (TPSA) is 138 Å². The number of amides is 1. The molecule has 21 heavy (non-hydrogen) atoms. The van der Waals surface area contributed by atoms with Gasteiger partial charge < -0.3 is 20.6 Å². The van der Waals surface area contributed by atoms with Crippen LogP contribution in [-0.2, 0) is 17.9 Å². The maximum Gasteiger partial charge on any atom is 0.325 e. The maximum atomic E-state index is 11.9. The van der Waals surface area contributed by atoms with Crippen LogP contribution in [0.25, 0.3) is 0 Å². The Hall–Kier alpha value is -3.10. The van der Waals surface area contributed by atoms with E-state index in [4.69, 9.17) is 5.11 Å². The zero-order valence-corrected chi connectivity index (χ0v) is 10.7. The first-order valence-electron chi connectivity index (χ1n) is 5.87. The summed E-state index contributed by atoms with van der Waals surface area (Å²) in [7, 11) is 0. The van der Waals surface area contributed by atoms with Gasteiger partial charge in [-0.25, -0.2) is 4.68 Å². The molecule has 0 radical (unpaired) electrons. The number of carboxylic acids is 1. The van der Waals surface area contributed by atoms with Gasteiger partial charge in [0.05, 0.1) is 12.7 Å². The average molecular weight is 292 g/mol. The molecule has 0 spiro atoms. The SMILES string of the molecule is O=C(O)Cn1cc(CNC(=O)c2c(O)cccc2O)nn1. The minimum atomic E-state index is -1.06. The van der Waals surface area contributed by atoms with E-state index in [1.54, 1.807) is 0 Å². The summed E-state index contributed by atoms with van der Waals surface area (Å²) in [5.41, 5.74) is 0.106. The van der Waals surface area contributed by atoms with Gasteiger partial charge in [0.1, 0.15) is 29.3 Å². The third-order valence-electron chi connectivity index (χ3n) is 2.56. The highest BCUT2D eigenvalue weighted by Gasteiger charge is 2.16. The lowest BCUT2D eigenvalue weighted by Gasteiger charge is -2.06. The van der Waals surface area contributed by atoms with Gasteiger partial charge >= 0.3 is 5.97 Å². The van der Waals surface area contributed by atoms with Crippen molar-refractivity contribution in [3.8, 4) is 11.5 Å². The van der Waals surface area contributed by atoms with Crippen molar-refractivity contribution in [3.63, 3.8) is 0 Å². The third-order valence-corrected chi connectivity index (χ3v) is 2.56. The van der Waals surface area contributed by atoms with Crippen LogP contribution < -0.4 is 5.32 Å². The number of hydrogen-bond donors (Lipinski definition) is 4. The second kappa shape index (κ2) is 5.90. The van der Waals surface area contributed by atoms with E-state index in [0.717, 1.165) is 4.68 Å². The van der Waals surface area contributed by atoms with E-state index < -0.39 is 11.9 Å². The first-order valence-corrected chi connectivity index (χ1v) is 5.87. The number of benzene rings is 1. The molecule has 2 rings (SSSR count). The van der Waals surface area contributed by atoms with Crippen LogP contribution in [0.4, 0.5) is 0 Å². The fourth-order valence-electron chi connectivity index (χ4n) is 1.66. The Labute approximate surface area is 118 Å². The summed E-state index contributed by atoms with van der Waals surface area (Å²) in [5, 5.41) is 37.4. The van der Waals surface area contributed by atoms with E-state index in [9.17, 15) is 19.8 Å². The van der Waals surface area contributed by atoms with Crippen molar-refractivity contribution < 1.29 is 24.9 Å². The summed E-state index contributed by atoms with van der Waals surface area (Å²) in [6, 6.07) is 3.95. The Balaban J connectivity index is 2.01. The largest absolute Gasteiger partial charge is 0.507 e. The Morgan fingerprint density at radius 3 is 2.52 bits per heavy atom. The molecule has 1 heterocycles. The molecule has 0 bridgehead atoms. The Morgan fingerprint density at radius 1 is 1.24 bits per heavy atom. The molecule has 1 amide bonds. The van der Waals surface area contributed by atoms with Crippen LogP contribution in [0.2, 0.25) is 0 Å². The molecule has 1 aromatic heterocycles. The van der Waals surface area contributed by atoms with Gasteiger partial charge in [-0.2, -0.15) is 0 Å². The molecule has 110 valence electrons. The van der Waals surface area contributed by atoms with Crippen molar-refractivity contribution in [1.82, 2.24) is 20.3 Å². The van der Waals surface area contributed by atoms with Crippen LogP contribution in [0.15, 0.2) is 24.4 Å². The van der Waals surface area contributed by atoms with Gasteiger partial charge in [0, 0.05) is 0 Å². The number of aliphatic carboxylic acids is 1. The molecule has 0 saturated carbocycles. The molecule has 2 aromatic rings. The molecule has 9 nitrogen and oxygen atoms in total. The zero-order chi connectivity index (χ0) is 15.4. The van der Waals surface area contributed by atoms with Gasteiger partial charge in [0.25, 0.3) is 5.91 Å². The Bertz CT molecular complexity index is 662. The average Bonchev–Trinajstić information content (AvgIpc) is 2.83. The van der Waals surface area contributed by atoms with Crippen LogP contribution in [0.1, 0.15) is 16.1 Å². The predicted octanol–water partition coefficient (Wildman–Crippen LogP) is -0.296. The number of carbonyl (C=O) groups excluding carboxylic acids is 1. The Kier molecular flexibility index (Phi) is 4.02. The molecule has 9 heteroatoms. The molecule has 0 aliphatic carbocycles. The molecular formula is C12H12N4O5. The van der Waals surface area contributed by atoms with Crippen molar-refractivity contribution in [3.05, 3.63) is 35.7 Å². The lowest BCUT2D eigenvalue weighted by atomic mass is 10.1. The van der Waals surface area contributed by atoms with Gasteiger partial charge in [0.15, 0.2) is 0 Å². The van der Waals surface area contributed by atoms with Crippen LogP contribution >= 0.6 is 0 Å². The van der Waals surface area contributed by atoms with E-state index in [1.165, 1.54) is 24.4 Å². The van der Waals surface area contributed by atoms with Crippen molar-refractivity contribution in [1.29, 1.82) is 0 Å². The Morgan fingerprint density at radius 2 is 1.90 bits per heavy atom. The number of rotatable bonds is 5. The second-order valence-corrected chi connectivity index (χ2v) is 4.16. The van der Waals surface area contributed by atoms with E-state index in [2.05, 4.69) is 15.6 Å². The van der Waals surface area contributed by atoms with Crippen LogP contribution in [0, 0.1) is 0 Å². The third kappa shape index (κ3) is 3.47. The summed E-state index contributed by atoms with van der Waals surface area (Å²) in [4.78, 5) is 22.4. The number of aromatic nitrogens is 3. The summed E-state index contributed by atoms with van der Waals surface area (Å²) in [6.45, 7) is -0.354. The van der Waals surface area contributed by atoms with Crippen molar-refractivity contribution in [2.75, 3.05) is 0 Å². The van der Waals surface area contributed by atoms with Gasteiger partial charge in [-0.3, -0.25) is 9.59 Å². The normalized spacial score (nSPS) is 10.3. The number of aromatic hydroxyl groups is 2. The fourth-order valence-corrected chi connectivity index (χ4v) is 1.66. The minimum Gasteiger partial charge on any atom is -0.507 e. The fraction of sp³-hybridized carbons (Fsp3) is 0.167. The summed E-state index contributed by atoms with van der Waals surface area (Å²) in [5.74, 6) is -2.43. The maximum absolute atomic E-state index is 11.9. The zero-order valence-electron chi connectivity index (χ0n) is 10.7. The summed E-state index contributed by atoms with van der Waals surface area (Å²) < 4.78 is 1.11. The van der Waals surface area contributed by atoms with Crippen molar-refractivity contribution in [2.45, 2.75) is 13.1 Å². The van der Waals surface area contributed by atoms with E-state index >= 15 is 0 Å². The first-order chi connectivity index (χ1) is 9.97. The molecule has 0 saturated heterocycles. The van der Waals surface area contributed by atoms with Gasteiger partial charge in [0.2, 0.25) is 0 Å². The number of carboxylic acid groups (broad SMARTS) is 1. The summed E-state index contributed by atoms with van der Waals surface area (Å²) >= 11 is 0. The van der Waals surface area contributed by atoms with Crippen molar-refractivity contribution in [2.24, 2.45) is 0 Å². The highest BCUT2D eigenvalue weighted by atomic mass is 16.4. The first kappa shape index (κ1) is 14.3. The molecule has 0 unspecified atom stereocenters. The molecule has 0 atom stereocenters. The minimum absolute atomic E-state index is 0.0216. The summed E-state index contributed by atoms with van der Waals surface area (Å²) in [6.07, 6.45) is 1.37. The monoisotopic (exact) mass is 292 g/mol. The molecular weight excluding hydrogens is 280 g/mol. The van der Waals surface area contributed by atoms with Crippen LogP contribution in [0.3, 0.4) is 0 Å². The number of hydrogen-bond acceptors (Lipinski definition) is 6. The number of carbonyl (C=O) groups is 2. The highest BCUT2D eigenvalue weighted by Crippen LogP contribution is 2.25. The number of phenols is 2. The van der Waals surface area contributed by atoms with Gasteiger partial charge in [-0.05, 0) is 12.1 Å².